The van der Waals surface area contributed by atoms with E-state index in [1.165, 1.54) is 12.1 Å². The zero-order valence-electron chi connectivity index (χ0n) is 13.0. The molecule has 1 aromatic carbocycles. The maximum Gasteiger partial charge on any atom is 0.233 e. The molecule has 0 heterocycles. The van der Waals surface area contributed by atoms with Crippen LogP contribution in [0.25, 0.3) is 0 Å². The minimum atomic E-state index is -3.72. The lowest BCUT2D eigenvalue weighted by Gasteiger charge is -2.36. The molecule has 2 atom stereocenters. The van der Waals surface area contributed by atoms with Crippen molar-refractivity contribution >= 4 is 44.7 Å². The first kappa shape index (κ1) is 17.1. The van der Waals surface area contributed by atoms with Crippen molar-refractivity contribution in [2.24, 2.45) is 16.7 Å². The van der Waals surface area contributed by atoms with E-state index in [-0.39, 0.29) is 33.6 Å². The fourth-order valence-corrected chi connectivity index (χ4v) is 6.51. The zero-order valence-corrected chi connectivity index (χ0v) is 15.4. The molecule has 0 aliphatic heterocycles. The van der Waals surface area contributed by atoms with Crippen molar-refractivity contribution in [2.75, 3.05) is 10.5 Å². The molecule has 1 aromatic rings. The average Bonchev–Trinajstić information content (AvgIpc) is 2.76. The molecule has 23 heavy (non-hydrogen) atoms. The van der Waals surface area contributed by atoms with E-state index in [0.29, 0.717) is 17.9 Å². The summed E-state index contributed by atoms with van der Waals surface area (Å²) in [5.41, 5.74) is -0.848. The zero-order chi connectivity index (χ0) is 17.0. The molecule has 0 saturated heterocycles. The van der Waals surface area contributed by atoms with Gasteiger partial charge in [-0.1, -0.05) is 37.0 Å². The fourth-order valence-electron chi connectivity index (χ4n) is 4.21. The molecule has 0 spiro atoms. The Kier molecular flexibility index (Phi) is 3.98. The van der Waals surface area contributed by atoms with Crippen LogP contribution in [-0.4, -0.2) is 20.0 Å². The second kappa shape index (κ2) is 5.36. The summed E-state index contributed by atoms with van der Waals surface area (Å²) in [5.74, 6) is 0.145. The van der Waals surface area contributed by atoms with Crippen molar-refractivity contribution in [3.05, 3.63) is 28.2 Å². The number of nitrogens with one attached hydrogen (secondary N) is 1. The van der Waals surface area contributed by atoms with Crippen LogP contribution >= 0.6 is 23.2 Å². The molecule has 3 rings (SSSR count). The largest absolute Gasteiger partial charge is 0.299 e. The summed E-state index contributed by atoms with van der Waals surface area (Å²) in [4.78, 5) is 12.5. The molecule has 2 fully saturated rings. The molecule has 126 valence electrons. The monoisotopic (exact) mass is 375 g/mol. The lowest BCUT2D eigenvalue weighted by Crippen LogP contribution is -2.43. The van der Waals surface area contributed by atoms with E-state index in [1.54, 1.807) is 6.07 Å². The number of fused-ring (bicyclic) bond motifs is 2. The van der Waals surface area contributed by atoms with Gasteiger partial charge in [-0.2, -0.15) is 0 Å². The predicted octanol–water partition coefficient (Wildman–Crippen LogP) is 4.13. The maximum absolute atomic E-state index is 12.7. The molecule has 2 saturated carbocycles. The summed E-state index contributed by atoms with van der Waals surface area (Å²) in [5, 5.41) is 0.667. The molecular formula is C16H19Cl2NO3S. The van der Waals surface area contributed by atoms with Crippen LogP contribution < -0.4 is 4.72 Å². The van der Waals surface area contributed by atoms with E-state index in [2.05, 4.69) is 4.72 Å². The Morgan fingerprint density at radius 2 is 2.00 bits per heavy atom. The van der Waals surface area contributed by atoms with E-state index in [9.17, 15) is 13.2 Å². The number of ketones is 1. The Morgan fingerprint density at radius 3 is 2.57 bits per heavy atom. The number of sulfonamides is 1. The Hall–Kier alpha value is -0.780. The van der Waals surface area contributed by atoms with Gasteiger partial charge in [0.1, 0.15) is 5.78 Å². The van der Waals surface area contributed by atoms with Crippen LogP contribution in [0.15, 0.2) is 18.2 Å². The van der Waals surface area contributed by atoms with Gasteiger partial charge < -0.3 is 0 Å². The van der Waals surface area contributed by atoms with Crippen molar-refractivity contribution in [2.45, 2.75) is 33.1 Å². The fraction of sp³-hybridized carbons (Fsp3) is 0.562. The molecule has 0 radical (unpaired) electrons. The molecule has 2 aliphatic rings. The third-order valence-corrected chi connectivity index (χ3v) is 7.74. The van der Waals surface area contributed by atoms with Gasteiger partial charge in [-0.15, -0.1) is 0 Å². The van der Waals surface area contributed by atoms with Crippen LogP contribution in [0.4, 0.5) is 5.69 Å². The van der Waals surface area contributed by atoms with E-state index >= 15 is 0 Å². The van der Waals surface area contributed by atoms with Crippen LogP contribution in [0, 0.1) is 16.7 Å². The van der Waals surface area contributed by atoms with Gasteiger partial charge in [0.15, 0.2) is 0 Å². The smallest absolute Gasteiger partial charge is 0.233 e. The van der Waals surface area contributed by atoms with Gasteiger partial charge in [-0.05, 0) is 42.4 Å². The topological polar surface area (TPSA) is 63.2 Å². The molecular weight excluding hydrogens is 357 g/mol. The molecule has 0 aromatic heterocycles. The first-order valence-corrected chi connectivity index (χ1v) is 9.97. The Labute approximate surface area is 146 Å². The van der Waals surface area contributed by atoms with E-state index in [0.717, 1.165) is 6.42 Å². The first-order valence-electron chi connectivity index (χ1n) is 7.56. The Balaban J connectivity index is 1.90. The van der Waals surface area contributed by atoms with E-state index in [1.807, 2.05) is 13.8 Å². The van der Waals surface area contributed by atoms with Crippen LogP contribution in [0.5, 0.6) is 0 Å². The number of halogens is 2. The molecule has 0 amide bonds. The molecule has 2 bridgehead atoms. The minimum Gasteiger partial charge on any atom is -0.299 e. The van der Waals surface area contributed by atoms with Gasteiger partial charge in [-0.3, -0.25) is 9.52 Å². The number of anilines is 1. The number of carbonyl (C=O) groups is 1. The number of carbonyl (C=O) groups excluding carboxylic acids is 1. The molecule has 1 N–H and O–H groups in total. The molecule has 7 heteroatoms. The van der Waals surface area contributed by atoms with E-state index < -0.39 is 15.4 Å². The molecule has 0 unspecified atom stereocenters. The molecule has 4 nitrogen and oxygen atoms in total. The van der Waals surface area contributed by atoms with Crippen LogP contribution in [0.3, 0.4) is 0 Å². The normalized spacial score (nSPS) is 29.0. The summed E-state index contributed by atoms with van der Waals surface area (Å²) in [6.45, 7) is 4.02. The van der Waals surface area contributed by atoms with Crippen LogP contribution in [0.2, 0.25) is 10.0 Å². The van der Waals surface area contributed by atoms with Crippen LogP contribution in [-0.2, 0) is 14.8 Å². The average molecular weight is 376 g/mol. The van der Waals surface area contributed by atoms with Crippen molar-refractivity contribution in [3.8, 4) is 0 Å². The van der Waals surface area contributed by atoms with Gasteiger partial charge in [-0.25, -0.2) is 8.42 Å². The second-order valence-electron chi connectivity index (χ2n) is 7.15. The number of hydrogen-bond acceptors (Lipinski definition) is 3. The van der Waals surface area contributed by atoms with Gasteiger partial charge in [0.2, 0.25) is 10.0 Å². The summed E-state index contributed by atoms with van der Waals surface area (Å²) >= 11 is 11.9. The summed E-state index contributed by atoms with van der Waals surface area (Å²) in [6, 6.07) is 4.60. The highest BCUT2D eigenvalue weighted by Crippen LogP contribution is 2.64. The summed E-state index contributed by atoms with van der Waals surface area (Å²) in [7, 11) is -3.72. The molecule has 2 aliphatic carbocycles. The van der Waals surface area contributed by atoms with Gasteiger partial charge in [0, 0.05) is 11.4 Å². The predicted molar refractivity (Wildman–Crippen MR) is 92.4 cm³/mol. The number of Topliss-reactive ketones (excluding diaryl/α,β-unsaturated/α-hetero) is 1. The standard InChI is InChI=1S/C16H19Cl2NO3S/c1-15(2)10-5-6-16(15,14(20)7-10)9-23(21,22)19-13-8-11(17)3-4-12(13)18/h3-4,8,10,19H,5-7,9H2,1-2H3/t10-,16+/m0/s1. The summed E-state index contributed by atoms with van der Waals surface area (Å²) < 4.78 is 27.8. The van der Waals surface area contributed by atoms with Crippen molar-refractivity contribution in [1.29, 1.82) is 0 Å². The first-order chi connectivity index (χ1) is 10.6. The Morgan fingerprint density at radius 1 is 1.30 bits per heavy atom. The third kappa shape index (κ3) is 2.67. The second-order valence-corrected chi connectivity index (χ2v) is 9.72. The lowest BCUT2D eigenvalue weighted by molar-refractivity contribution is -0.128. The highest BCUT2D eigenvalue weighted by molar-refractivity contribution is 7.92. The van der Waals surface area contributed by atoms with Crippen LogP contribution in [0.1, 0.15) is 33.1 Å². The lowest BCUT2D eigenvalue weighted by atomic mass is 9.70. The van der Waals surface area contributed by atoms with Crippen molar-refractivity contribution in [3.63, 3.8) is 0 Å². The quantitative estimate of drug-likeness (QED) is 0.860. The maximum atomic E-state index is 12.7. The Bertz CT molecular complexity index is 776. The summed E-state index contributed by atoms with van der Waals surface area (Å²) in [6.07, 6.45) is 2.03. The highest BCUT2D eigenvalue weighted by Gasteiger charge is 2.65. The number of benzene rings is 1. The SMILES string of the molecule is CC1(C)[C@H]2CC[C@@]1(CS(=O)(=O)Nc1cc(Cl)ccc1Cl)C(=O)C2. The van der Waals surface area contributed by atoms with Gasteiger partial charge in [0.25, 0.3) is 0 Å². The highest BCUT2D eigenvalue weighted by atomic mass is 35.5. The van der Waals surface area contributed by atoms with E-state index in [4.69, 9.17) is 23.2 Å². The van der Waals surface area contributed by atoms with Gasteiger partial charge >= 0.3 is 0 Å². The third-order valence-electron chi connectivity index (χ3n) is 5.77. The number of rotatable bonds is 4. The minimum absolute atomic E-state index is 0.0707. The van der Waals surface area contributed by atoms with Gasteiger partial charge in [0.05, 0.1) is 21.9 Å². The number of hydrogen-bond donors (Lipinski definition) is 1. The van der Waals surface area contributed by atoms with Crippen molar-refractivity contribution < 1.29 is 13.2 Å². The van der Waals surface area contributed by atoms with Crippen molar-refractivity contribution in [1.82, 2.24) is 0 Å².